The first-order valence-electron chi connectivity index (χ1n) is 7.01. The SMILES string of the molecule is O=C(CCCCOc1cccc(-c2ccccc2)c1)NO. The van der Waals surface area contributed by atoms with Crippen LogP contribution in [0, 0.1) is 0 Å². The zero-order valence-corrected chi connectivity index (χ0v) is 11.8. The van der Waals surface area contributed by atoms with Gasteiger partial charge in [-0.15, -0.1) is 0 Å². The van der Waals surface area contributed by atoms with Crippen molar-refractivity contribution in [1.29, 1.82) is 0 Å². The smallest absolute Gasteiger partial charge is 0.243 e. The maximum absolute atomic E-state index is 10.8. The number of amides is 1. The number of ether oxygens (including phenoxy) is 1. The fourth-order valence-electron chi connectivity index (χ4n) is 2.03. The topological polar surface area (TPSA) is 58.6 Å². The Morgan fingerprint density at radius 1 is 1.00 bits per heavy atom. The number of hydroxylamine groups is 1. The molecule has 0 aliphatic rings. The summed E-state index contributed by atoms with van der Waals surface area (Å²) in [5.74, 6) is 0.462. The first-order valence-corrected chi connectivity index (χ1v) is 7.01. The second-order valence-electron chi connectivity index (χ2n) is 4.73. The second-order valence-corrected chi connectivity index (χ2v) is 4.73. The predicted molar refractivity (Wildman–Crippen MR) is 81.2 cm³/mol. The molecule has 0 heterocycles. The molecule has 2 aromatic rings. The van der Waals surface area contributed by atoms with Gasteiger partial charge in [-0.05, 0) is 36.1 Å². The summed E-state index contributed by atoms with van der Waals surface area (Å²) in [6.07, 6.45) is 1.76. The third-order valence-electron chi connectivity index (χ3n) is 3.13. The molecule has 0 aromatic heterocycles. The van der Waals surface area contributed by atoms with Crippen LogP contribution in [-0.2, 0) is 4.79 Å². The summed E-state index contributed by atoms with van der Waals surface area (Å²) in [6.45, 7) is 0.553. The zero-order chi connectivity index (χ0) is 14.9. The van der Waals surface area contributed by atoms with Crippen LogP contribution in [0.4, 0.5) is 0 Å². The first-order chi connectivity index (χ1) is 10.3. The van der Waals surface area contributed by atoms with Gasteiger partial charge in [-0.25, -0.2) is 5.48 Å². The number of nitrogens with one attached hydrogen (secondary N) is 1. The van der Waals surface area contributed by atoms with Gasteiger partial charge in [0.25, 0.3) is 0 Å². The van der Waals surface area contributed by atoms with Crippen LogP contribution >= 0.6 is 0 Å². The number of carbonyl (C=O) groups is 1. The Kier molecular flexibility index (Phi) is 5.79. The van der Waals surface area contributed by atoms with E-state index < -0.39 is 0 Å². The van der Waals surface area contributed by atoms with Crippen molar-refractivity contribution in [3.8, 4) is 16.9 Å². The summed E-state index contributed by atoms with van der Waals surface area (Å²) in [5, 5.41) is 8.38. The number of benzene rings is 2. The van der Waals surface area contributed by atoms with Crippen molar-refractivity contribution in [2.24, 2.45) is 0 Å². The summed E-state index contributed by atoms with van der Waals surface area (Å²) >= 11 is 0. The van der Waals surface area contributed by atoms with Crippen LogP contribution in [-0.4, -0.2) is 17.7 Å². The first kappa shape index (κ1) is 15.1. The standard InChI is InChI=1S/C17H19NO3/c19-17(18-20)11-4-5-12-21-16-10-6-9-15(13-16)14-7-2-1-3-8-14/h1-3,6-10,13,20H,4-5,11-12H2,(H,18,19). The Bertz CT molecular complexity index is 569. The molecule has 4 heteroatoms. The molecule has 0 spiro atoms. The van der Waals surface area contributed by atoms with Gasteiger partial charge in [-0.3, -0.25) is 10.0 Å². The van der Waals surface area contributed by atoms with E-state index in [2.05, 4.69) is 12.1 Å². The lowest BCUT2D eigenvalue weighted by Crippen LogP contribution is -2.18. The summed E-state index contributed by atoms with van der Waals surface area (Å²) in [6, 6.07) is 18.1. The largest absolute Gasteiger partial charge is 0.494 e. The molecule has 110 valence electrons. The highest BCUT2D eigenvalue weighted by atomic mass is 16.5. The molecular formula is C17H19NO3. The van der Waals surface area contributed by atoms with E-state index in [4.69, 9.17) is 9.94 Å². The molecule has 0 bridgehead atoms. The van der Waals surface area contributed by atoms with Gasteiger partial charge in [0.1, 0.15) is 5.75 Å². The summed E-state index contributed by atoms with van der Waals surface area (Å²) in [4.78, 5) is 10.8. The molecule has 4 nitrogen and oxygen atoms in total. The average molecular weight is 285 g/mol. The average Bonchev–Trinajstić information content (AvgIpc) is 2.55. The number of unbranched alkanes of at least 4 members (excludes halogenated alkanes) is 1. The fraction of sp³-hybridized carbons (Fsp3) is 0.235. The van der Waals surface area contributed by atoms with Crippen LogP contribution in [0.15, 0.2) is 54.6 Å². The van der Waals surface area contributed by atoms with Crippen molar-refractivity contribution >= 4 is 5.91 Å². The molecule has 0 aliphatic carbocycles. The molecule has 21 heavy (non-hydrogen) atoms. The van der Waals surface area contributed by atoms with Crippen LogP contribution in [0.5, 0.6) is 5.75 Å². The van der Waals surface area contributed by atoms with Gasteiger partial charge in [0.05, 0.1) is 6.61 Å². The van der Waals surface area contributed by atoms with Gasteiger partial charge in [0, 0.05) is 6.42 Å². The molecule has 0 unspecified atom stereocenters. The van der Waals surface area contributed by atoms with Crippen LogP contribution in [0.2, 0.25) is 0 Å². The van der Waals surface area contributed by atoms with Gasteiger partial charge in [0.15, 0.2) is 0 Å². The van der Waals surface area contributed by atoms with Crippen molar-refractivity contribution < 1.29 is 14.7 Å². The number of rotatable bonds is 7. The summed E-state index contributed by atoms with van der Waals surface area (Å²) < 4.78 is 5.69. The summed E-state index contributed by atoms with van der Waals surface area (Å²) in [5.41, 5.74) is 3.89. The molecular weight excluding hydrogens is 266 g/mol. The minimum Gasteiger partial charge on any atom is -0.494 e. The predicted octanol–water partition coefficient (Wildman–Crippen LogP) is 3.41. The van der Waals surface area contributed by atoms with Crippen LogP contribution in [0.1, 0.15) is 19.3 Å². The number of carbonyl (C=O) groups excluding carboxylic acids is 1. The van der Waals surface area contributed by atoms with E-state index in [1.807, 2.05) is 42.5 Å². The van der Waals surface area contributed by atoms with Crippen LogP contribution in [0.25, 0.3) is 11.1 Å². The van der Waals surface area contributed by atoms with E-state index in [1.165, 1.54) is 0 Å². The normalized spacial score (nSPS) is 10.1. The molecule has 0 aliphatic heterocycles. The van der Waals surface area contributed by atoms with Gasteiger partial charge in [-0.1, -0.05) is 42.5 Å². The number of hydrogen-bond acceptors (Lipinski definition) is 3. The van der Waals surface area contributed by atoms with Crippen LogP contribution < -0.4 is 10.2 Å². The number of hydrogen-bond donors (Lipinski definition) is 2. The van der Waals surface area contributed by atoms with E-state index in [0.717, 1.165) is 23.3 Å². The Hall–Kier alpha value is -2.33. The van der Waals surface area contributed by atoms with E-state index >= 15 is 0 Å². The molecule has 0 saturated heterocycles. The van der Waals surface area contributed by atoms with Gasteiger partial charge >= 0.3 is 0 Å². The zero-order valence-electron chi connectivity index (χ0n) is 11.8. The maximum atomic E-state index is 10.8. The van der Waals surface area contributed by atoms with Crippen molar-refractivity contribution in [2.45, 2.75) is 19.3 Å². The van der Waals surface area contributed by atoms with E-state index in [9.17, 15) is 4.79 Å². The monoisotopic (exact) mass is 285 g/mol. The lowest BCUT2D eigenvalue weighted by Gasteiger charge is -2.08. The molecule has 0 fully saturated rings. The van der Waals surface area contributed by atoms with Gasteiger partial charge < -0.3 is 4.74 Å². The van der Waals surface area contributed by atoms with E-state index in [1.54, 1.807) is 5.48 Å². The molecule has 0 saturated carbocycles. The highest BCUT2D eigenvalue weighted by molar-refractivity contribution is 5.74. The Labute approximate surface area is 124 Å². The molecule has 0 atom stereocenters. The molecule has 2 rings (SSSR count). The Balaban J connectivity index is 1.83. The molecule has 2 N–H and O–H groups in total. The lowest BCUT2D eigenvalue weighted by atomic mass is 10.1. The quantitative estimate of drug-likeness (QED) is 0.465. The van der Waals surface area contributed by atoms with Crippen molar-refractivity contribution in [1.82, 2.24) is 5.48 Å². The fourth-order valence-corrected chi connectivity index (χ4v) is 2.03. The summed E-state index contributed by atoms with van der Waals surface area (Å²) in [7, 11) is 0. The molecule has 2 aromatic carbocycles. The molecule has 1 amide bonds. The minimum atomic E-state index is -0.360. The van der Waals surface area contributed by atoms with Crippen molar-refractivity contribution in [2.75, 3.05) is 6.61 Å². The van der Waals surface area contributed by atoms with Crippen molar-refractivity contribution in [3.63, 3.8) is 0 Å². The highest BCUT2D eigenvalue weighted by Gasteiger charge is 2.01. The van der Waals surface area contributed by atoms with E-state index in [-0.39, 0.29) is 5.91 Å². The third-order valence-corrected chi connectivity index (χ3v) is 3.13. The molecule has 0 radical (unpaired) electrons. The minimum absolute atomic E-state index is 0.309. The Morgan fingerprint density at radius 2 is 1.76 bits per heavy atom. The highest BCUT2D eigenvalue weighted by Crippen LogP contribution is 2.23. The van der Waals surface area contributed by atoms with Gasteiger partial charge in [-0.2, -0.15) is 0 Å². The Morgan fingerprint density at radius 3 is 2.52 bits per heavy atom. The second kappa shape index (κ2) is 8.07. The maximum Gasteiger partial charge on any atom is 0.243 e. The third kappa shape index (κ3) is 4.93. The lowest BCUT2D eigenvalue weighted by molar-refractivity contribution is -0.129. The van der Waals surface area contributed by atoms with Crippen molar-refractivity contribution in [3.05, 3.63) is 54.6 Å². The van der Waals surface area contributed by atoms with Crippen LogP contribution in [0.3, 0.4) is 0 Å². The van der Waals surface area contributed by atoms with E-state index in [0.29, 0.717) is 19.4 Å². The van der Waals surface area contributed by atoms with Gasteiger partial charge in [0.2, 0.25) is 5.91 Å².